The van der Waals surface area contributed by atoms with Crippen molar-refractivity contribution in [2.45, 2.75) is 26.2 Å². The van der Waals surface area contributed by atoms with Crippen LogP contribution in [-0.4, -0.2) is 23.1 Å². The summed E-state index contributed by atoms with van der Waals surface area (Å²) in [6, 6.07) is 18.9. The fraction of sp³-hybridized carbons (Fsp3) is 0.160. The Labute approximate surface area is 195 Å². The number of halogens is 1. The molecule has 3 rings (SSSR count). The quantitative estimate of drug-likeness (QED) is 0.325. The van der Waals surface area contributed by atoms with Gasteiger partial charge in [-0.3, -0.25) is 9.59 Å². The number of carbonyl (C=O) groups is 2. The molecule has 0 unspecified atom stereocenters. The molecule has 3 aromatic rings. The molecule has 0 aliphatic carbocycles. The van der Waals surface area contributed by atoms with Crippen molar-refractivity contribution in [2.24, 2.45) is 5.10 Å². The molecular formula is C25H24BrN3O3. The predicted octanol–water partition coefficient (Wildman–Crippen LogP) is 5.47. The van der Waals surface area contributed by atoms with Gasteiger partial charge >= 0.3 is 0 Å². The molecule has 6 nitrogen and oxygen atoms in total. The molecule has 7 heteroatoms. The van der Waals surface area contributed by atoms with Crippen LogP contribution in [0.1, 0.15) is 52.6 Å². The first-order chi connectivity index (χ1) is 15.1. The van der Waals surface area contributed by atoms with E-state index in [4.69, 9.17) is 0 Å². The summed E-state index contributed by atoms with van der Waals surface area (Å²) >= 11 is 3.31. The van der Waals surface area contributed by atoms with Crippen LogP contribution in [0.25, 0.3) is 0 Å². The summed E-state index contributed by atoms with van der Waals surface area (Å²) in [5, 5.41) is 16.5. The van der Waals surface area contributed by atoms with Gasteiger partial charge in [0.2, 0.25) is 0 Å². The maximum Gasteiger partial charge on any atom is 0.271 e. The highest BCUT2D eigenvalue weighted by Gasteiger charge is 2.14. The first kappa shape index (κ1) is 23.2. The summed E-state index contributed by atoms with van der Waals surface area (Å²) in [5.74, 6) is -0.577. The summed E-state index contributed by atoms with van der Waals surface area (Å²) in [4.78, 5) is 24.8. The largest absolute Gasteiger partial charge is 0.507 e. The highest BCUT2D eigenvalue weighted by atomic mass is 79.9. The zero-order valence-corrected chi connectivity index (χ0v) is 19.6. The van der Waals surface area contributed by atoms with E-state index in [-0.39, 0.29) is 17.1 Å². The number of phenols is 1. The number of amides is 2. The molecule has 164 valence electrons. The Morgan fingerprint density at radius 3 is 2.12 bits per heavy atom. The number of hydrazone groups is 1. The zero-order chi connectivity index (χ0) is 23.3. The summed E-state index contributed by atoms with van der Waals surface area (Å²) in [7, 11) is 0. The van der Waals surface area contributed by atoms with Gasteiger partial charge in [0.1, 0.15) is 5.75 Å². The molecule has 0 saturated carbocycles. The first-order valence-electron chi connectivity index (χ1n) is 9.97. The third-order valence-corrected chi connectivity index (χ3v) is 5.27. The second-order valence-corrected chi connectivity index (χ2v) is 9.18. The van der Waals surface area contributed by atoms with Gasteiger partial charge in [-0.05, 0) is 65.6 Å². The standard InChI is InChI=1S/C25H24BrN3O3/c1-25(2,3)19-8-4-16(5-9-19)23(31)28-21-11-6-17(7-12-21)24(32)29-27-15-18-14-20(26)10-13-22(18)30/h4-15,30H,1-3H3,(H,28,31)(H,29,32). The topological polar surface area (TPSA) is 90.8 Å². The van der Waals surface area contributed by atoms with Gasteiger partial charge in [0.05, 0.1) is 6.21 Å². The molecule has 0 heterocycles. The van der Waals surface area contributed by atoms with E-state index < -0.39 is 5.91 Å². The zero-order valence-electron chi connectivity index (χ0n) is 18.0. The Bertz CT molecular complexity index is 1150. The molecule has 0 aromatic heterocycles. The van der Waals surface area contributed by atoms with Crippen LogP contribution in [0.15, 0.2) is 76.3 Å². The average Bonchev–Trinajstić information content (AvgIpc) is 2.76. The number of hydrogen-bond acceptors (Lipinski definition) is 4. The van der Waals surface area contributed by atoms with E-state index in [0.717, 1.165) is 10.0 Å². The van der Waals surface area contributed by atoms with Crippen LogP contribution in [0.5, 0.6) is 5.75 Å². The number of nitrogens with zero attached hydrogens (tertiary/aromatic N) is 1. The molecule has 0 spiro atoms. The minimum absolute atomic E-state index is 0.0216. The predicted molar refractivity (Wildman–Crippen MR) is 130 cm³/mol. The summed E-state index contributed by atoms with van der Waals surface area (Å²) in [5.41, 5.74) is 5.58. The van der Waals surface area contributed by atoms with E-state index >= 15 is 0 Å². The lowest BCUT2D eigenvalue weighted by Gasteiger charge is -2.19. The van der Waals surface area contributed by atoms with Crippen molar-refractivity contribution >= 4 is 39.6 Å². The lowest BCUT2D eigenvalue weighted by atomic mass is 9.87. The van der Waals surface area contributed by atoms with Crippen molar-refractivity contribution in [3.8, 4) is 5.75 Å². The van der Waals surface area contributed by atoms with Crippen molar-refractivity contribution in [2.75, 3.05) is 5.32 Å². The number of aromatic hydroxyl groups is 1. The molecular weight excluding hydrogens is 470 g/mol. The molecule has 0 radical (unpaired) electrons. The summed E-state index contributed by atoms with van der Waals surface area (Å²) in [6.45, 7) is 6.36. The smallest absolute Gasteiger partial charge is 0.271 e. The first-order valence-corrected chi connectivity index (χ1v) is 10.8. The molecule has 3 aromatic carbocycles. The van der Waals surface area contributed by atoms with Crippen LogP contribution in [0, 0.1) is 0 Å². The van der Waals surface area contributed by atoms with E-state index in [2.05, 4.69) is 52.5 Å². The van der Waals surface area contributed by atoms with Crippen LogP contribution in [0.2, 0.25) is 0 Å². The highest BCUT2D eigenvalue weighted by molar-refractivity contribution is 9.10. The van der Waals surface area contributed by atoms with Crippen LogP contribution in [-0.2, 0) is 5.41 Å². The van der Waals surface area contributed by atoms with Crippen LogP contribution in [0.4, 0.5) is 5.69 Å². The number of benzene rings is 3. The van der Waals surface area contributed by atoms with E-state index in [1.165, 1.54) is 12.3 Å². The van der Waals surface area contributed by atoms with E-state index in [1.54, 1.807) is 48.5 Å². The molecule has 0 fully saturated rings. The van der Waals surface area contributed by atoms with Crippen LogP contribution >= 0.6 is 15.9 Å². The SMILES string of the molecule is CC(C)(C)c1ccc(C(=O)Nc2ccc(C(=O)NN=Cc3cc(Br)ccc3O)cc2)cc1. The Hall–Kier alpha value is -3.45. The molecule has 2 amide bonds. The fourth-order valence-corrected chi connectivity index (χ4v) is 3.26. The van der Waals surface area contributed by atoms with Crippen molar-refractivity contribution in [1.82, 2.24) is 5.43 Å². The molecule has 0 aliphatic heterocycles. The van der Waals surface area contributed by atoms with Gasteiger partial charge in [-0.15, -0.1) is 0 Å². The monoisotopic (exact) mass is 493 g/mol. The second-order valence-electron chi connectivity index (χ2n) is 8.26. The fourth-order valence-electron chi connectivity index (χ4n) is 2.88. The third kappa shape index (κ3) is 6.04. The molecule has 0 saturated heterocycles. The van der Waals surface area contributed by atoms with Crippen molar-refractivity contribution in [1.29, 1.82) is 0 Å². The molecule has 3 N–H and O–H groups in total. The van der Waals surface area contributed by atoms with Gasteiger partial charge in [0, 0.05) is 26.9 Å². The number of nitrogens with one attached hydrogen (secondary N) is 2. The number of hydrogen-bond donors (Lipinski definition) is 3. The highest BCUT2D eigenvalue weighted by Crippen LogP contribution is 2.23. The maximum absolute atomic E-state index is 12.5. The van der Waals surface area contributed by atoms with Crippen LogP contribution in [0.3, 0.4) is 0 Å². The number of rotatable bonds is 5. The minimum atomic E-state index is -0.411. The lowest BCUT2D eigenvalue weighted by Crippen LogP contribution is -2.18. The summed E-state index contributed by atoms with van der Waals surface area (Å²) in [6.07, 6.45) is 1.36. The third-order valence-electron chi connectivity index (χ3n) is 4.78. The maximum atomic E-state index is 12.5. The summed E-state index contributed by atoms with van der Waals surface area (Å²) < 4.78 is 0.783. The number of anilines is 1. The second kappa shape index (κ2) is 9.78. The Balaban J connectivity index is 1.59. The van der Waals surface area contributed by atoms with Gasteiger partial charge in [0.15, 0.2) is 0 Å². The molecule has 0 aliphatic rings. The van der Waals surface area contributed by atoms with E-state index in [1.807, 2.05) is 12.1 Å². The van der Waals surface area contributed by atoms with Gasteiger partial charge in [-0.2, -0.15) is 5.10 Å². The number of carbonyl (C=O) groups excluding carboxylic acids is 2. The molecule has 0 atom stereocenters. The van der Waals surface area contributed by atoms with E-state index in [9.17, 15) is 14.7 Å². The molecule has 32 heavy (non-hydrogen) atoms. The van der Waals surface area contributed by atoms with Crippen molar-refractivity contribution < 1.29 is 14.7 Å². The Morgan fingerprint density at radius 2 is 1.50 bits per heavy atom. The van der Waals surface area contributed by atoms with Crippen molar-refractivity contribution in [3.63, 3.8) is 0 Å². The van der Waals surface area contributed by atoms with Crippen LogP contribution < -0.4 is 10.7 Å². The van der Waals surface area contributed by atoms with E-state index in [0.29, 0.717) is 22.4 Å². The molecule has 0 bridgehead atoms. The Morgan fingerprint density at radius 1 is 0.906 bits per heavy atom. The van der Waals surface area contributed by atoms with Gasteiger partial charge in [0.25, 0.3) is 11.8 Å². The lowest BCUT2D eigenvalue weighted by molar-refractivity contribution is 0.0954. The normalized spacial score (nSPS) is 11.4. The van der Waals surface area contributed by atoms with Gasteiger partial charge in [-0.1, -0.05) is 48.8 Å². The Kier molecular flexibility index (Phi) is 7.10. The van der Waals surface area contributed by atoms with Crippen molar-refractivity contribution in [3.05, 3.63) is 93.5 Å². The number of phenolic OH excluding ortho intramolecular Hbond substituents is 1. The van der Waals surface area contributed by atoms with Gasteiger partial charge < -0.3 is 10.4 Å². The average molecular weight is 494 g/mol. The van der Waals surface area contributed by atoms with Gasteiger partial charge in [-0.25, -0.2) is 5.43 Å². The minimum Gasteiger partial charge on any atom is -0.507 e.